The van der Waals surface area contributed by atoms with Crippen LogP contribution in [0.25, 0.3) is 0 Å². The molecule has 0 aromatic heterocycles. The van der Waals surface area contributed by atoms with E-state index in [-0.39, 0.29) is 34.5 Å². The van der Waals surface area contributed by atoms with E-state index in [1.165, 1.54) is 12.1 Å². The van der Waals surface area contributed by atoms with Gasteiger partial charge in [-0.1, -0.05) is 38.4 Å². The van der Waals surface area contributed by atoms with Gasteiger partial charge in [0.15, 0.2) is 11.6 Å². The van der Waals surface area contributed by atoms with Gasteiger partial charge < -0.3 is 4.74 Å². The molecule has 0 aliphatic heterocycles. The molecule has 114 valence electrons. The first-order valence-electron chi connectivity index (χ1n) is 6.00. The van der Waals surface area contributed by atoms with Gasteiger partial charge in [0.2, 0.25) is 9.05 Å². The second kappa shape index (κ2) is 6.50. The van der Waals surface area contributed by atoms with E-state index in [2.05, 4.69) is 0 Å². The fraction of sp³-hybridized carbons (Fsp3) is 0.538. The molecule has 0 spiro atoms. The highest BCUT2D eigenvalue weighted by molar-refractivity contribution is 8.13. The Morgan fingerprint density at radius 1 is 1.35 bits per heavy atom. The van der Waals surface area contributed by atoms with Crippen molar-refractivity contribution in [3.05, 3.63) is 29.0 Å². The van der Waals surface area contributed by atoms with E-state index >= 15 is 0 Å². The molecule has 0 radical (unpaired) electrons. The van der Waals surface area contributed by atoms with Crippen molar-refractivity contribution in [3.8, 4) is 5.75 Å². The van der Waals surface area contributed by atoms with Crippen molar-refractivity contribution in [2.45, 2.75) is 20.8 Å². The third-order valence-corrected chi connectivity index (χ3v) is 4.45. The van der Waals surface area contributed by atoms with E-state index in [9.17, 15) is 12.8 Å². The molecule has 0 aliphatic rings. The minimum atomic E-state index is -3.66. The molecule has 1 aromatic rings. The van der Waals surface area contributed by atoms with Crippen molar-refractivity contribution < 1.29 is 17.5 Å². The van der Waals surface area contributed by atoms with Crippen LogP contribution >= 0.6 is 22.3 Å². The monoisotopic (exact) mass is 342 g/mol. The van der Waals surface area contributed by atoms with Crippen molar-refractivity contribution in [1.29, 1.82) is 0 Å². The predicted molar refractivity (Wildman–Crippen MR) is 79.5 cm³/mol. The number of hydrogen-bond acceptors (Lipinski definition) is 3. The first-order chi connectivity index (χ1) is 9.00. The van der Waals surface area contributed by atoms with Crippen molar-refractivity contribution in [3.63, 3.8) is 0 Å². The Labute approximate surface area is 128 Å². The molecule has 0 fully saturated rings. The number of rotatable bonds is 5. The van der Waals surface area contributed by atoms with Gasteiger partial charge in [-0.2, -0.15) is 0 Å². The Morgan fingerprint density at radius 3 is 2.45 bits per heavy atom. The number of halogens is 3. The van der Waals surface area contributed by atoms with Crippen LogP contribution in [-0.2, 0) is 9.05 Å². The smallest absolute Gasteiger partial charge is 0.233 e. The van der Waals surface area contributed by atoms with Crippen LogP contribution in [-0.4, -0.2) is 20.8 Å². The highest BCUT2D eigenvalue weighted by Gasteiger charge is 2.30. The summed E-state index contributed by atoms with van der Waals surface area (Å²) in [5.74, 6) is -1.27. The van der Waals surface area contributed by atoms with Crippen molar-refractivity contribution >= 4 is 31.3 Å². The van der Waals surface area contributed by atoms with Crippen LogP contribution in [0.2, 0.25) is 5.02 Å². The van der Waals surface area contributed by atoms with Crippen LogP contribution in [0.3, 0.4) is 0 Å². The number of ether oxygens (including phenoxy) is 1. The third-order valence-electron chi connectivity index (χ3n) is 2.98. The number of benzene rings is 1. The van der Waals surface area contributed by atoms with E-state index in [0.29, 0.717) is 0 Å². The summed E-state index contributed by atoms with van der Waals surface area (Å²) in [6.45, 7) is 5.65. The van der Waals surface area contributed by atoms with Gasteiger partial charge >= 0.3 is 0 Å². The third kappa shape index (κ3) is 5.46. The maximum absolute atomic E-state index is 13.7. The summed E-state index contributed by atoms with van der Waals surface area (Å²) in [4.78, 5) is 0. The zero-order valence-corrected chi connectivity index (χ0v) is 13.8. The van der Waals surface area contributed by atoms with E-state index in [0.717, 1.165) is 0 Å². The normalized spacial score (nSPS) is 14.1. The van der Waals surface area contributed by atoms with Gasteiger partial charge in [0.25, 0.3) is 0 Å². The summed E-state index contributed by atoms with van der Waals surface area (Å²) in [5, 5.41) is -0.0419. The molecule has 0 bridgehead atoms. The molecule has 0 amide bonds. The molecule has 0 heterocycles. The molecule has 1 aromatic carbocycles. The topological polar surface area (TPSA) is 43.4 Å². The summed E-state index contributed by atoms with van der Waals surface area (Å²) in [5.41, 5.74) is -0.350. The van der Waals surface area contributed by atoms with Crippen molar-refractivity contribution in [2.24, 2.45) is 11.3 Å². The molecule has 0 saturated heterocycles. The zero-order chi connectivity index (χ0) is 15.6. The molecular weight excluding hydrogens is 326 g/mol. The van der Waals surface area contributed by atoms with Gasteiger partial charge in [0, 0.05) is 16.6 Å². The van der Waals surface area contributed by atoms with E-state index in [4.69, 9.17) is 27.0 Å². The average molecular weight is 343 g/mol. The van der Waals surface area contributed by atoms with Crippen LogP contribution in [0.4, 0.5) is 4.39 Å². The van der Waals surface area contributed by atoms with Crippen molar-refractivity contribution in [1.82, 2.24) is 0 Å². The Bertz CT molecular complexity index is 567. The van der Waals surface area contributed by atoms with Crippen LogP contribution in [0.1, 0.15) is 20.8 Å². The lowest BCUT2D eigenvalue weighted by Crippen LogP contribution is -2.32. The predicted octanol–water partition coefficient (Wildman–Crippen LogP) is 4.09. The van der Waals surface area contributed by atoms with Gasteiger partial charge in [-0.3, -0.25) is 0 Å². The number of hydrogen-bond donors (Lipinski definition) is 0. The second-order valence-electron chi connectivity index (χ2n) is 5.63. The summed E-state index contributed by atoms with van der Waals surface area (Å²) in [6, 6.07) is 4.41. The van der Waals surface area contributed by atoms with Gasteiger partial charge in [-0.25, -0.2) is 12.8 Å². The molecule has 0 aliphatic carbocycles. The molecule has 0 N–H and O–H groups in total. The Kier molecular flexibility index (Phi) is 5.70. The average Bonchev–Trinajstić information content (AvgIpc) is 2.26. The quantitative estimate of drug-likeness (QED) is 0.757. The minimum Gasteiger partial charge on any atom is -0.490 e. The molecule has 0 saturated carbocycles. The fourth-order valence-electron chi connectivity index (χ4n) is 1.57. The van der Waals surface area contributed by atoms with E-state index in [1.807, 2.05) is 20.8 Å². The van der Waals surface area contributed by atoms with Crippen molar-refractivity contribution in [2.75, 3.05) is 12.4 Å². The lowest BCUT2D eigenvalue weighted by Gasteiger charge is -2.29. The Hall–Kier alpha value is -0.520. The SMILES string of the molecule is CC(C)(C)C(COc1cccc(Cl)c1F)CS(=O)(=O)Cl. The standard InChI is InChI=1S/C13H17Cl2FO3S/c1-13(2,3)9(8-20(15,17)18)7-19-11-6-4-5-10(14)12(11)16/h4-6,9H,7-8H2,1-3H3. The fourth-order valence-corrected chi connectivity index (χ4v) is 3.27. The summed E-state index contributed by atoms with van der Waals surface area (Å²) < 4.78 is 41.5. The van der Waals surface area contributed by atoms with Gasteiger partial charge in [0.1, 0.15) is 0 Å². The van der Waals surface area contributed by atoms with Gasteiger partial charge in [-0.15, -0.1) is 0 Å². The van der Waals surface area contributed by atoms with E-state index in [1.54, 1.807) is 6.07 Å². The molecular formula is C13H17Cl2FO3S. The summed E-state index contributed by atoms with van der Waals surface area (Å²) in [7, 11) is 1.64. The second-order valence-corrected chi connectivity index (χ2v) is 8.86. The zero-order valence-electron chi connectivity index (χ0n) is 11.5. The molecule has 1 rings (SSSR count). The van der Waals surface area contributed by atoms with E-state index < -0.39 is 14.9 Å². The van der Waals surface area contributed by atoms with Crippen LogP contribution < -0.4 is 4.74 Å². The lowest BCUT2D eigenvalue weighted by molar-refractivity contribution is 0.159. The largest absolute Gasteiger partial charge is 0.490 e. The molecule has 7 heteroatoms. The van der Waals surface area contributed by atoms with Crippen LogP contribution in [0.15, 0.2) is 18.2 Å². The maximum Gasteiger partial charge on any atom is 0.233 e. The van der Waals surface area contributed by atoms with Crippen LogP contribution in [0.5, 0.6) is 5.75 Å². The maximum atomic E-state index is 13.7. The highest BCUT2D eigenvalue weighted by atomic mass is 35.7. The summed E-state index contributed by atoms with van der Waals surface area (Å²) >= 11 is 5.65. The van der Waals surface area contributed by atoms with Crippen LogP contribution in [0, 0.1) is 17.2 Å². The Balaban J connectivity index is 2.84. The summed E-state index contributed by atoms with van der Waals surface area (Å²) in [6.07, 6.45) is 0. The van der Waals surface area contributed by atoms with Gasteiger partial charge in [-0.05, 0) is 17.5 Å². The minimum absolute atomic E-state index is 0.00118. The molecule has 1 atom stereocenters. The molecule has 1 unspecified atom stereocenters. The molecule has 20 heavy (non-hydrogen) atoms. The van der Waals surface area contributed by atoms with Gasteiger partial charge in [0.05, 0.1) is 17.4 Å². The highest BCUT2D eigenvalue weighted by Crippen LogP contribution is 2.30. The Morgan fingerprint density at radius 2 is 1.95 bits per heavy atom. The first-order valence-corrected chi connectivity index (χ1v) is 8.85. The molecule has 3 nitrogen and oxygen atoms in total. The lowest BCUT2D eigenvalue weighted by atomic mass is 9.82. The first kappa shape index (κ1) is 17.5.